The molecule has 0 aromatic heterocycles. The maximum Gasteiger partial charge on any atom is 0.317 e. The third-order valence-electron chi connectivity index (χ3n) is 3.98. The highest BCUT2D eigenvalue weighted by atomic mass is 35.6. The number of urea groups is 1. The van der Waals surface area contributed by atoms with Crippen LogP contribution in [0.25, 0.3) is 0 Å². The third-order valence-corrected chi connectivity index (χ3v) is 5.22. The van der Waals surface area contributed by atoms with E-state index in [-0.39, 0.29) is 0 Å². The fraction of sp³-hybridized carbons (Fsp3) is 0.923. The summed E-state index contributed by atoms with van der Waals surface area (Å²) < 4.78 is 7.08. The molecule has 2 amide bonds. The Labute approximate surface area is 182 Å². The molecule has 0 bridgehead atoms. The first-order valence-corrected chi connectivity index (χ1v) is 10.2. The Morgan fingerprint density at radius 3 is 1.31 bits per heavy atom. The van der Waals surface area contributed by atoms with Crippen molar-refractivity contribution in [3.8, 4) is 0 Å². The van der Waals surface area contributed by atoms with Crippen molar-refractivity contribution in [2.75, 3.05) is 52.6 Å². The normalized spacial score (nSPS) is 23.3. The number of alkyl halides is 6. The van der Waals surface area contributed by atoms with Crippen molar-refractivity contribution in [1.29, 1.82) is 0 Å². The Morgan fingerprint density at radius 2 is 1.04 bits per heavy atom. The summed E-state index contributed by atoms with van der Waals surface area (Å²) in [5.74, 6) is 0. The van der Waals surface area contributed by atoms with Crippen molar-refractivity contribution in [3.05, 3.63) is 0 Å². The Balaban J connectivity index is 2.04. The highest BCUT2D eigenvalue weighted by molar-refractivity contribution is 6.68. The van der Waals surface area contributed by atoms with E-state index in [0.29, 0.717) is 52.6 Å². The van der Waals surface area contributed by atoms with Gasteiger partial charge in [-0.2, -0.15) is 0 Å². The lowest BCUT2D eigenvalue weighted by molar-refractivity contribution is 0.00721. The van der Waals surface area contributed by atoms with Gasteiger partial charge in [0, 0.05) is 26.2 Å². The van der Waals surface area contributed by atoms with Crippen molar-refractivity contribution in [3.63, 3.8) is 0 Å². The molecule has 13 heteroatoms. The van der Waals surface area contributed by atoms with Crippen molar-refractivity contribution >= 4 is 75.6 Å². The molecule has 0 aromatic rings. The summed E-state index contributed by atoms with van der Waals surface area (Å²) >= 11 is 36.3. The predicted molar refractivity (Wildman–Crippen MR) is 105 cm³/mol. The number of hydrogen-bond acceptors (Lipinski definition) is 5. The summed E-state index contributed by atoms with van der Waals surface area (Å²) in [6.07, 6.45) is -1.73. The number of halogens is 6. The molecule has 2 fully saturated rings. The lowest BCUT2D eigenvalue weighted by Gasteiger charge is -2.40. The van der Waals surface area contributed by atoms with Gasteiger partial charge in [0.05, 0.1) is 26.4 Å². The minimum Gasteiger partial charge on any atom is -0.379 e. The first-order chi connectivity index (χ1) is 12.1. The quantitative estimate of drug-likeness (QED) is 0.590. The smallest absolute Gasteiger partial charge is 0.317 e. The van der Waals surface area contributed by atoms with Gasteiger partial charge < -0.3 is 20.1 Å². The molecule has 0 aromatic carbocycles. The monoisotopic (exact) mass is 490 g/mol. The van der Waals surface area contributed by atoms with E-state index in [1.54, 1.807) is 0 Å². The zero-order chi connectivity index (χ0) is 19.4. The Bertz CT molecular complexity index is 424. The van der Waals surface area contributed by atoms with Crippen molar-refractivity contribution in [2.24, 2.45) is 0 Å². The van der Waals surface area contributed by atoms with E-state index in [2.05, 4.69) is 10.6 Å². The van der Waals surface area contributed by atoms with E-state index in [1.807, 2.05) is 9.80 Å². The number of carbonyl (C=O) groups excluding carboxylic acids is 1. The van der Waals surface area contributed by atoms with Crippen molar-refractivity contribution in [1.82, 2.24) is 20.4 Å². The highest BCUT2D eigenvalue weighted by Crippen LogP contribution is 2.34. The van der Waals surface area contributed by atoms with E-state index in [0.717, 1.165) is 0 Å². The molecular weight excluding hydrogens is 473 g/mol. The molecule has 2 heterocycles. The van der Waals surface area contributed by atoms with Crippen LogP contribution in [0.3, 0.4) is 0 Å². The first kappa shape index (κ1) is 23.1. The number of amides is 2. The van der Waals surface area contributed by atoms with E-state index in [9.17, 15) is 4.79 Å². The number of rotatable bonds is 4. The summed E-state index contributed by atoms with van der Waals surface area (Å²) in [6, 6.07) is -0.615. The van der Waals surface area contributed by atoms with E-state index in [4.69, 9.17) is 79.1 Å². The molecule has 7 nitrogen and oxygen atoms in total. The average Bonchev–Trinajstić information content (AvgIpc) is 2.57. The summed E-state index contributed by atoms with van der Waals surface area (Å²) in [6.45, 7) is 3.95. The Morgan fingerprint density at radius 1 is 0.731 bits per heavy atom. The minimum atomic E-state index is -1.75. The fourth-order valence-corrected chi connectivity index (χ4v) is 3.88. The largest absolute Gasteiger partial charge is 0.379 e. The van der Waals surface area contributed by atoms with Crippen LogP contribution in [0.4, 0.5) is 4.79 Å². The summed E-state index contributed by atoms with van der Waals surface area (Å²) in [4.78, 5) is 16.2. The fourth-order valence-electron chi connectivity index (χ4n) is 2.72. The van der Waals surface area contributed by atoms with Crippen LogP contribution in [0.2, 0.25) is 0 Å². The van der Waals surface area contributed by atoms with Crippen LogP contribution in [0.1, 0.15) is 0 Å². The van der Waals surface area contributed by atoms with E-state index < -0.39 is 25.9 Å². The van der Waals surface area contributed by atoms with Gasteiger partial charge in [0.15, 0.2) is 0 Å². The van der Waals surface area contributed by atoms with E-state index in [1.165, 1.54) is 0 Å². The van der Waals surface area contributed by atoms with Gasteiger partial charge >= 0.3 is 6.03 Å². The number of hydrogen-bond donors (Lipinski definition) is 2. The second-order valence-corrected chi connectivity index (χ2v) is 10.5. The van der Waals surface area contributed by atoms with E-state index >= 15 is 0 Å². The molecule has 26 heavy (non-hydrogen) atoms. The molecule has 0 aliphatic carbocycles. The lowest BCUT2D eigenvalue weighted by Crippen LogP contribution is -2.64. The molecule has 0 unspecified atom stereocenters. The van der Waals surface area contributed by atoms with Gasteiger partial charge in [-0.3, -0.25) is 9.80 Å². The van der Waals surface area contributed by atoms with Gasteiger partial charge in [-0.1, -0.05) is 69.6 Å². The standard InChI is InChI=1S/C13H20Cl6N4O3/c14-12(15,16)9(22-1-5-25-6-2-22)20-11(24)21-10(13(17,18)19)23-3-7-26-8-4-23/h9-10H,1-8H2,(H2,20,21,24)/t9-,10-/m0/s1. The topological polar surface area (TPSA) is 66.1 Å². The second kappa shape index (κ2) is 10.1. The molecule has 2 saturated heterocycles. The van der Waals surface area contributed by atoms with Crippen LogP contribution in [0, 0.1) is 0 Å². The van der Waals surface area contributed by atoms with Crippen LogP contribution >= 0.6 is 69.6 Å². The Hall–Kier alpha value is 0.850. The number of carbonyl (C=O) groups is 1. The van der Waals surface area contributed by atoms with Crippen LogP contribution in [-0.4, -0.2) is 88.4 Å². The number of ether oxygens (including phenoxy) is 2. The SMILES string of the molecule is O=C(N[C@@H](N1CCOCC1)C(Cl)(Cl)Cl)N[C@@H](N1CCOCC1)C(Cl)(Cl)Cl. The molecule has 0 radical (unpaired) electrons. The first-order valence-electron chi connectivity index (χ1n) is 7.93. The predicted octanol–water partition coefficient (Wildman–Crippen LogP) is 2.34. The number of nitrogens with zero attached hydrogens (tertiary/aromatic N) is 2. The summed E-state index contributed by atoms with van der Waals surface area (Å²) in [5, 5.41) is 5.32. The molecule has 0 spiro atoms. The maximum atomic E-state index is 12.6. The zero-order valence-corrected chi connectivity index (χ0v) is 18.2. The van der Waals surface area contributed by atoms with Gasteiger partial charge in [0.2, 0.25) is 7.59 Å². The number of nitrogens with one attached hydrogen (secondary N) is 2. The lowest BCUT2D eigenvalue weighted by atomic mass is 10.3. The third kappa shape index (κ3) is 7.03. The van der Waals surface area contributed by atoms with Crippen LogP contribution in [0.5, 0.6) is 0 Å². The molecule has 2 atom stereocenters. The van der Waals surface area contributed by atoms with Gasteiger partial charge in [-0.05, 0) is 0 Å². The van der Waals surface area contributed by atoms with Crippen molar-refractivity contribution in [2.45, 2.75) is 19.9 Å². The van der Waals surface area contributed by atoms with Crippen molar-refractivity contribution < 1.29 is 14.3 Å². The molecule has 0 saturated carbocycles. The molecular formula is C13H20Cl6N4O3. The molecule has 2 N–H and O–H groups in total. The summed E-state index contributed by atoms with van der Waals surface area (Å²) in [5.41, 5.74) is 0. The molecule has 2 rings (SSSR count). The van der Waals surface area contributed by atoms with Gasteiger partial charge in [-0.25, -0.2) is 4.79 Å². The summed E-state index contributed by atoms with van der Waals surface area (Å²) in [7, 11) is 0. The van der Waals surface area contributed by atoms with Crippen LogP contribution in [0.15, 0.2) is 0 Å². The zero-order valence-electron chi connectivity index (χ0n) is 13.7. The molecule has 2 aliphatic heterocycles. The number of morpholine rings is 2. The molecule has 152 valence electrons. The van der Waals surface area contributed by atoms with Gasteiger partial charge in [-0.15, -0.1) is 0 Å². The minimum absolute atomic E-state index is 0.477. The second-order valence-electron chi connectivity index (χ2n) is 5.80. The Kier molecular flexibility index (Phi) is 8.94. The van der Waals surface area contributed by atoms with Crippen LogP contribution in [-0.2, 0) is 9.47 Å². The maximum absolute atomic E-state index is 12.6. The molecule has 2 aliphatic rings. The van der Waals surface area contributed by atoms with Gasteiger partial charge in [0.1, 0.15) is 12.3 Å². The average molecular weight is 493 g/mol. The van der Waals surface area contributed by atoms with Gasteiger partial charge in [0.25, 0.3) is 0 Å². The highest BCUT2D eigenvalue weighted by Gasteiger charge is 2.42. The van der Waals surface area contributed by atoms with Crippen LogP contribution < -0.4 is 10.6 Å².